The zero-order chi connectivity index (χ0) is 17.9. The van der Waals surface area contributed by atoms with Crippen molar-refractivity contribution >= 4 is 22.1 Å². The maximum absolute atomic E-state index is 13.1. The molecule has 130 valence electrons. The van der Waals surface area contributed by atoms with E-state index < -0.39 is 0 Å². The molecule has 0 aliphatic rings. The lowest BCUT2D eigenvalue weighted by atomic mass is 10.0. The minimum absolute atomic E-state index is 0.0661. The normalized spacial score (nSPS) is 12.4. The molecule has 2 N–H and O–H groups in total. The van der Waals surface area contributed by atoms with Gasteiger partial charge in [-0.1, -0.05) is 35.6 Å². The van der Waals surface area contributed by atoms with E-state index in [9.17, 15) is 4.39 Å². The summed E-state index contributed by atoms with van der Waals surface area (Å²) >= 11 is 1.56. The zero-order valence-corrected chi connectivity index (χ0v) is 14.8. The zero-order valence-electron chi connectivity index (χ0n) is 14.0. The van der Waals surface area contributed by atoms with Crippen LogP contribution in [0.1, 0.15) is 16.5 Å². The number of pyridine rings is 1. The van der Waals surface area contributed by atoms with E-state index in [4.69, 9.17) is 5.73 Å². The lowest BCUT2D eigenvalue weighted by Gasteiger charge is -2.11. The quantitative estimate of drug-likeness (QED) is 0.577. The third kappa shape index (κ3) is 3.47. The fourth-order valence-electron chi connectivity index (χ4n) is 2.91. The van der Waals surface area contributed by atoms with E-state index in [-0.39, 0.29) is 11.7 Å². The van der Waals surface area contributed by atoms with E-state index >= 15 is 0 Å². The van der Waals surface area contributed by atoms with Crippen LogP contribution < -0.4 is 5.73 Å². The van der Waals surface area contributed by atoms with Gasteiger partial charge in [0.15, 0.2) is 0 Å². The lowest BCUT2D eigenvalue weighted by molar-refractivity contribution is 0.624. The SMILES string of the molecule is NC[C@H](Cc1ccc(F)cc1)c1nnc(-c2ccc3cnccc3c2)s1. The van der Waals surface area contributed by atoms with Crippen LogP contribution in [0.25, 0.3) is 21.3 Å². The smallest absolute Gasteiger partial charge is 0.147 e. The summed E-state index contributed by atoms with van der Waals surface area (Å²) in [6.45, 7) is 0.468. The summed E-state index contributed by atoms with van der Waals surface area (Å²) in [5.41, 5.74) is 8.03. The van der Waals surface area contributed by atoms with Gasteiger partial charge >= 0.3 is 0 Å². The molecule has 4 nitrogen and oxygen atoms in total. The van der Waals surface area contributed by atoms with E-state index in [1.54, 1.807) is 29.7 Å². The standard InChI is InChI=1S/C20H17FN4S/c21-18-5-1-13(2-6-18)9-17(11-22)20-25-24-19(26-20)15-3-4-16-12-23-8-7-14(16)10-15/h1-8,10,12,17H,9,11,22H2/t17-/m0/s1. The third-order valence-electron chi connectivity index (χ3n) is 4.36. The largest absolute Gasteiger partial charge is 0.330 e. The van der Waals surface area contributed by atoms with Gasteiger partial charge in [0.25, 0.3) is 0 Å². The Bertz CT molecular complexity index is 1030. The summed E-state index contributed by atoms with van der Waals surface area (Å²) in [4.78, 5) is 4.14. The van der Waals surface area contributed by atoms with E-state index in [0.29, 0.717) is 6.54 Å². The number of aromatic nitrogens is 3. The molecule has 0 aliphatic carbocycles. The molecule has 0 unspecified atom stereocenters. The molecule has 2 aromatic heterocycles. The van der Waals surface area contributed by atoms with Crippen molar-refractivity contribution < 1.29 is 4.39 Å². The van der Waals surface area contributed by atoms with Gasteiger partial charge in [0.1, 0.15) is 15.8 Å². The average Bonchev–Trinajstić information content (AvgIpc) is 3.17. The molecule has 0 radical (unpaired) electrons. The van der Waals surface area contributed by atoms with Gasteiger partial charge in [-0.25, -0.2) is 4.39 Å². The number of halogens is 1. The second kappa shape index (κ2) is 7.27. The van der Waals surface area contributed by atoms with Gasteiger partial charge in [-0.15, -0.1) is 10.2 Å². The Morgan fingerprint density at radius 1 is 1.00 bits per heavy atom. The van der Waals surface area contributed by atoms with Crippen LogP contribution >= 0.6 is 11.3 Å². The van der Waals surface area contributed by atoms with Gasteiger partial charge in [-0.2, -0.15) is 0 Å². The molecule has 0 saturated heterocycles. The van der Waals surface area contributed by atoms with Crippen molar-refractivity contribution in [1.82, 2.24) is 15.2 Å². The molecule has 6 heteroatoms. The summed E-state index contributed by atoms with van der Waals surface area (Å²) in [6, 6.07) is 14.7. The van der Waals surface area contributed by atoms with E-state index in [2.05, 4.69) is 21.2 Å². The molecule has 2 heterocycles. The van der Waals surface area contributed by atoms with Crippen molar-refractivity contribution in [1.29, 1.82) is 0 Å². The molecular weight excluding hydrogens is 347 g/mol. The molecule has 1 atom stereocenters. The first kappa shape index (κ1) is 16.8. The molecular formula is C20H17FN4S. The van der Waals surface area contributed by atoms with Crippen molar-refractivity contribution in [2.24, 2.45) is 5.73 Å². The molecule has 0 spiro atoms. The van der Waals surface area contributed by atoms with E-state index in [1.807, 2.05) is 24.4 Å². The van der Waals surface area contributed by atoms with Crippen LogP contribution in [0.3, 0.4) is 0 Å². The summed E-state index contributed by atoms with van der Waals surface area (Å²) < 4.78 is 13.1. The predicted octanol–water partition coefficient (Wildman–Crippen LogP) is 4.18. The van der Waals surface area contributed by atoms with Gasteiger partial charge in [0.05, 0.1) is 0 Å². The highest BCUT2D eigenvalue weighted by molar-refractivity contribution is 7.14. The van der Waals surface area contributed by atoms with Crippen LogP contribution in [0, 0.1) is 5.82 Å². The Hall–Kier alpha value is -2.70. The minimum atomic E-state index is -0.234. The van der Waals surface area contributed by atoms with Crippen LogP contribution in [0.5, 0.6) is 0 Å². The van der Waals surface area contributed by atoms with Crippen LogP contribution in [-0.2, 0) is 6.42 Å². The molecule has 0 aliphatic heterocycles. The molecule has 4 rings (SSSR count). The van der Waals surface area contributed by atoms with Crippen molar-refractivity contribution in [3.63, 3.8) is 0 Å². The summed E-state index contributed by atoms with van der Waals surface area (Å²) in [6.07, 6.45) is 4.34. The highest BCUT2D eigenvalue weighted by Gasteiger charge is 2.17. The number of nitrogens with two attached hydrogens (primary N) is 1. The molecule has 4 aromatic rings. The molecule has 0 bridgehead atoms. The number of nitrogens with zero attached hydrogens (tertiary/aromatic N) is 3. The average molecular weight is 364 g/mol. The van der Waals surface area contributed by atoms with Crippen molar-refractivity contribution in [3.8, 4) is 10.6 Å². The maximum Gasteiger partial charge on any atom is 0.147 e. The highest BCUT2D eigenvalue weighted by Crippen LogP contribution is 2.30. The fourth-order valence-corrected chi connectivity index (χ4v) is 3.86. The van der Waals surface area contributed by atoms with Gasteiger partial charge in [0.2, 0.25) is 0 Å². The Kier molecular flexibility index (Phi) is 4.69. The van der Waals surface area contributed by atoms with Crippen molar-refractivity contribution in [3.05, 3.63) is 77.3 Å². The van der Waals surface area contributed by atoms with Gasteiger partial charge < -0.3 is 5.73 Å². The Morgan fingerprint density at radius 2 is 1.85 bits per heavy atom. The van der Waals surface area contributed by atoms with Crippen LogP contribution in [-0.4, -0.2) is 21.7 Å². The lowest BCUT2D eigenvalue weighted by Crippen LogP contribution is -2.15. The first-order valence-electron chi connectivity index (χ1n) is 8.35. The number of rotatable bonds is 5. The summed E-state index contributed by atoms with van der Waals surface area (Å²) in [7, 11) is 0. The molecule has 0 saturated carbocycles. The maximum atomic E-state index is 13.1. The predicted molar refractivity (Wildman–Crippen MR) is 103 cm³/mol. The second-order valence-corrected chi connectivity index (χ2v) is 7.16. The van der Waals surface area contributed by atoms with Crippen molar-refractivity contribution in [2.45, 2.75) is 12.3 Å². The van der Waals surface area contributed by atoms with Gasteiger partial charge in [-0.3, -0.25) is 4.98 Å². The number of fused-ring (bicyclic) bond motifs is 1. The molecule has 0 amide bonds. The first-order chi connectivity index (χ1) is 12.7. The summed E-state index contributed by atoms with van der Waals surface area (Å²) in [5, 5.41) is 12.7. The number of hydrogen-bond acceptors (Lipinski definition) is 5. The number of hydrogen-bond donors (Lipinski definition) is 1. The Balaban J connectivity index is 1.59. The van der Waals surface area contributed by atoms with Crippen LogP contribution in [0.15, 0.2) is 60.9 Å². The topological polar surface area (TPSA) is 64.7 Å². The van der Waals surface area contributed by atoms with E-state index in [0.717, 1.165) is 38.3 Å². The molecule has 2 aromatic carbocycles. The fraction of sp³-hybridized carbons (Fsp3) is 0.150. The number of benzene rings is 2. The van der Waals surface area contributed by atoms with Gasteiger partial charge in [-0.05, 0) is 41.6 Å². The molecule has 0 fully saturated rings. The first-order valence-corrected chi connectivity index (χ1v) is 9.16. The minimum Gasteiger partial charge on any atom is -0.330 e. The van der Waals surface area contributed by atoms with Gasteiger partial charge in [0, 0.05) is 35.8 Å². The molecule has 26 heavy (non-hydrogen) atoms. The Morgan fingerprint density at radius 3 is 2.65 bits per heavy atom. The monoisotopic (exact) mass is 364 g/mol. The van der Waals surface area contributed by atoms with E-state index in [1.165, 1.54) is 12.1 Å². The second-order valence-electron chi connectivity index (χ2n) is 6.15. The van der Waals surface area contributed by atoms with Crippen LogP contribution in [0.2, 0.25) is 0 Å². The highest BCUT2D eigenvalue weighted by atomic mass is 32.1. The Labute approximate surface area is 154 Å². The third-order valence-corrected chi connectivity index (χ3v) is 5.49. The van der Waals surface area contributed by atoms with Crippen LogP contribution in [0.4, 0.5) is 4.39 Å². The summed E-state index contributed by atoms with van der Waals surface area (Å²) in [5.74, 6) is -0.167. The van der Waals surface area contributed by atoms with Crippen molar-refractivity contribution in [2.75, 3.05) is 6.54 Å².